The zero-order valence-corrected chi connectivity index (χ0v) is 15.2. The van der Waals surface area contributed by atoms with Gasteiger partial charge in [0.2, 0.25) is 10.0 Å². The van der Waals surface area contributed by atoms with Gasteiger partial charge in [-0.2, -0.15) is 4.31 Å². The number of rotatable bonds is 7. The van der Waals surface area contributed by atoms with Gasteiger partial charge in [-0.3, -0.25) is 0 Å². The van der Waals surface area contributed by atoms with E-state index in [0.29, 0.717) is 6.61 Å². The average molecular weight is 361 g/mol. The van der Waals surface area contributed by atoms with E-state index in [1.54, 1.807) is 31.2 Å². The van der Waals surface area contributed by atoms with Crippen molar-refractivity contribution in [1.29, 1.82) is 0 Å². The molecule has 3 rings (SSSR count). The van der Waals surface area contributed by atoms with E-state index >= 15 is 0 Å². The van der Waals surface area contributed by atoms with E-state index in [-0.39, 0.29) is 24.2 Å². The van der Waals surface area contributed by atoms with Crippen LogP contribution in [-0.4, -0.2) is 42.6 Å². The van der Waals surface area contributed by atoms with Crippen molar-refractivity contribution in [2.45, 2.75) is 36.9 Å². The number of aliphatic hydroxyl groups excluding tert-OH is 1. The third kappa shape index (κ3) is 3.48. The van der Waals surface area contributed by atoms with Gasteiger partial charge in [0.15, 0.2) is 0 Å². The Morgan fingerprint density at radius 3 is 2.36 bits per heavy atom. The number of hydrogen-bond donors (Lipinski definition) is 1. The summed E-state index contributed by atoms with van der Waals surface area (Å²) in [6, 6.07) is 16.1. The molecular weight excluding hydrogens is 338 g/mol. The van der Waals surface area contributed by atoms with Crippen LogP contribution < -0.4 is 0 Å². The molecule has 1 aliphatic heterocycles. The molecule has 2 aromatic carbocycles. The second kappa shape index (κ2) is 6.88. The SMILES string of the molecule is Cc1ccc(S(=O)(=O)N2C(COCc3ccccc3)[C@@]2(C)CO)cc1. The normalized spacial score (nSPS) is 25.7. The first-order valence-electron chi connectivity index (χ1n) is 8.23. The van der Waals surface area contributed by atoms with Gasteiger partial charge in [0.1, 0.15) is 0 Å². The van der Waals surface area contributed by atoms with Gasteiger partial charge in [-0.1, -0.05) is 48.0 Å². The number of aryl methyl sites for hydroxylation is 1. The maximum atomic E-state index is 12.9. The topological polar surface area (TPSA) is 66.6 Å². The molecule has 0 aromatic heterocycles. The monoisotopic (exact) mass is 361 g/mol. The highest BCUT2D eigenvalue weighted by atomic mass is 32.2. The minimum absolute atomic E-state index is 0.239. The third-order valence-corrected chi connectivity index (χ3v) is 6.78. The van der Waals surface area contributed by atoms with Crippen molar-refractivity contribution in [2.24, 2.45) is 0 Å². The Kier molecular flexibility index (Phi) is 4.97. The van der Waals surface area contributed by atoms with Crippen molar-refractivity contribution in [3.8, 4) is 0 Å². The molecule has 1 aliphatic rings. The van der Waals surface area contributed by atoms with Crippen LogP contribution >= 0.6 is 0 Å². The highest BCUT2D eigenvalue weighted by molar-refractivity contribution is 7.89. The van der Waals surface area contributed by atoms with Crippen LogP contribution in [0.25, 0.3) is 0 Å². The fourth-order valence-electron chi connectivity index (χ4n) is 3.02. The Hall–Kier alpha value is -1.73. The lowest BCUT2D eigenvalue weighted by Gasteiger charge is -2.10. The van der Waals surface area contributed by atoms with Gasteiger partial charge in [0.05, 0.1) is 36.3 Å². The second-order valence-corrected chi connectivity index (χ2v) is 8.46. The van der Waals surface area contributed by atoms with Gasteiger partial charge in [-0.25, -0.2) is 8.42 Å². The maximum absolute atomic E-state index is 12.9. The molecule has 3 atom stereocenters. The number of hydrogen-bond acceptors (Lipinski definition) is 4. The van der Waals surface area contributed by atoms with Crippen LogP contribution in [0.2, 0.25) is 0 Å². The zero-order valence-electron chi connectivity index (χ0n) is 14.4. The Labute approximate surface area is 148 Å². The van der Waals surface area contributed by atoms with Gasteiger partial charge >= 0.3 is 0 Å². The highest BCUT2D eigenvalue weighted by Gasteiger charge is 2.65. The summed E-state index contributed by atoms with van der Waals surface area (Å²) in [4.78, 5) is 0.239. The average Bonchev–Trinajstić information content (AvgIpc) is 3.22. The van der Waals surface area contributed by atoms with E-state index in [0.717, 1.165) is 11.1 Å². The quantitative estimate of drug-likeness (QED) is 0.769. The molecule has 6 heteroatoms. The number of aliphatic hydroxyl groups is 1. The van der Waals surface area contributed by atoms with E-state index in [4.69, 9.17) is 4.74 Å². The van der Waals surface area contributed by atoms with Crippen molar-refractivity contribution < 1.29 is 18.3 Å². The molecule has 0 radical (unpaired) electrons. The number of nitrogens with zero attached hydrogens (tertiary/aromatic N) is 1. The molecular formula is C19H23NO4S. The Morgan fingerprint density at radius 2 is 1.76 bits per heavy atom. The van der Waals surface area contributed by atoms with Crippen LogP contribution in [0.1, 0.15) is 18.1 Å². The minimum Gasteiger partial charge on any atom is -0.394 e. The number of ether oxygens (including phenoxy) is 1. The lowest BCUT2D eigenvalue weighted by Crippen LogP contribution is -2.24. The molecule has 0 spiro atoms. The molecule has 2 aromatic rings. The van der Waals surface area contributed by atoms with Crippen LogP contribution in [0.15, 0.2) is 59.5 Å². The van der Waals surface area contributed by atoms with Crippen molar-refractivity contribution in [2.75, 3.05) is 13.2 Å². The third-order valence-electron chi connectivity index (χ3n) is 4.72. The van der Waals surface area contributed by atoms with E-state index in [1.807, 2.05) is 37.3 Å². The summed E-state index contributed by atoms with van der Waals surface area (Å²) in [5.74, 6) is 0. The summed E-state index contributed by atoms with van der Waals surface area (Å²) in [6.45, 7) is 4.08. The molecule has 1 fully saturated rings. The van der Waals surface area contributed by atoms with E-state index in [1.165, 1.54) is 4.31 Å². The fraction of sp³-hybridized carbons (Fsp3) is 0.368. The van der Waals surface area contributed by atoms with Crippen LogP contribution in [0, 0.1) is 6.92 Å². The minimum atomic E-state index is -3.65. The summed E-state index contributed by atoms with van der Waals surface area (Å²) < 4.78 is 32.8. The lowest BCUT2D eigenvalue weighted by molar-refractivity contribution is 0.114. The fourth-order valence-corrected chi connectivity index (χ4v) is 5.03. The van der Waals surface area contributed by atoms with Crippen molar-refractivity contribution in [3.63, 3.8) is 0 Å². The zero-order chi connectivity index (χ0) is 18.1. The van der Waals surface area contributed by atoms with Crippen LogP contribution in [0.4, 0.5) is 0 Å². The molecule has 1 N–H and O–H groups in total. The van der Waals surface area contributed by atoms with Gasteiger partial charge in [0, 0.05) is 0 Å². The first-order valence-corrected chi connectivity index (χ1v) is 9.67. The predicted octanol–water partition coefficient (Wildman–Crippen LogP) is 2.34. The molecule has 1 heterocycles. The van der Waals surface area contributed by atoms with Gasteiger partial charge in [-0.05, 0) is 31.5 Å². The first kappa shape index (κ1) is 18.1. The summed E-state index contributed by atoms with van der Waals surface area (Å²) in [5, 5.41) is 9.72. The molecule has 0 saturated carbocycles. The standard InChI is InChI=1S/C19H23NO4S/c1-15-8-10-17(11-9-15)25(22,23)20-18(19(20,2)14-21)13-24-12-16-6-4-3-5-7-16/h3-11,18,21H,12-14H2,1-2H3/t18?,19-,20?/m1/s1. The predicted molar refractivity (Wildman–Crippen MR) is 95.6 cm³/mol. The first-order chi connectivity index (χ1) is 11.9. The van der Waals surface area contributed by atoms with Crippen LogP contribution in [0.5, 0.6) is 0 Å². The maximum Gasteiger partial charge on any atom is 0.244 e. The Morgan fingerprint density at radius 1 is 1.12 bits per heavy atom. The molecule has 2 unspecified atom stereocenters. The molecule has 0 bridgehead atoms. The smallest absolute Gasteiger partial charge is 0.244 e. The molecule has 0 aliphatic carbocycles. The van der Waals surface area contributed by atoms with Crippen molar-refractivity contribution in [1.82, 2.24) is 4.31 Å². The van der Waals surface area contributed by atoms with Crippen LogP contribution in [0.3, 0.4) is 0 Å². The molecule has 134 valence electrons. The van der Waals surface area contributed by atoms with Gasteiger partial charge < -0.3 is 9.84 Å². The second-order valence-electron chi connectivity index (χ2n) is 6.65. The summed E-state index contributed by atoms with van der Waals surface area (Å²) in [6.07, 6.45) is 0. The molecule has 0 amide bonds. The van der Waals surface area contributed by atoms with E-state index < -0.39 is 15.6 Å². The Bertz CT molecular complexity index is 820. The highest BCUT2D eigenvalue weighted by Crippen LogP contribution is 2.45. The summed E-state index contributed by atoms with van der Waals surface area (Å²) in [7, 11) is -3.65. The van der Waals surface area contributed by atoms with E-state index in [2.05, 4.69) is 0 Å². The van der Waals surface area contributed by atoms with Gasteiger partial charge in [0.25, 0.3) is 0 Å². The lowest BCUT2D eigenvalue weighted by atomic mass is 10.1. The molecule has 1 saturated heterocycles. The summed E-state index contributed by atoms with van der Waals surface area (Å²) >= 11 is 0. The van der Waals surface area contributed by atoms with Crippen LogP contribution in [-0.2, 0) is 21.4 Å². The van der Waals surface area contributed by atoms with E-state index in [9.17, 15) is 13.5 Å². The largest absolute Gasteiger partial charge is 0.394 e. The number of benzene rings is 2. The number of sulfonamides is 1. The van der Waals surface area contributed by atoms with Crippen molar-refractivity contribution >= 4 is 10.0 Å². The van der Waals surface area contributed by atoms with Gasteiger partial charge in [-0.15, -0.1) is 0 Å². The van der Waals surface area contributed by atoms with Crippen molar-refractivity contribution in [3.05, 3.63) is 65.7 Å². The molecule has 5 nitrogen and oxygen atoms in total. The summed E-state index contributed by atoms with van der Waals surface area (Å²) in [5.41, 5.74) is 1.21. The molecule has 25 heavy (non-hydrogen) atoms. The Balaban J connectivity index is 1.71.